The zero-order valence-electron chi connectivity index (χ0n) is 10.7. The molecule has 100 valence electrons. The number of methoxy groups -OCH3 is 1. The third kappa shape index (κ3) is 3.20. The van der Waals surface area contributed by atoms with Gasteiger partial charge in [-0.3, -0.25) is 0 Å². The number of nitrogens with one attached hydrogen (secondary N) is 1. The lowest BCUT2D eigenvalue weighted by atomic mass is 9.84. The Labute approximate surface area is 104 Å². The summed E-state index contributed by atoms with van der Waals surface area (Å²) < 4.78 is 28.5. The molecule has 0 aromatic rings. The molecule has 0 bridgehead atoms. The quantitative estimate of drug-likeness (QED) is 0.817. The Morgan fingerprint density at radius 2 is 2.18 bits per heavy atom. The summed E-state index contributed by atoms with van der Waals surface area (Å²) in [6.45, 7) is 3.79. The summed E-state index contributed by atoms with van der Waals surface area (Å²) in [7, 11) is -1.06. The van der Waals surface area contributed by atoms with E-state index in [4.69, 9.17) is 4.74 Å². The topological polar surface area (TPSA) is 55.4 Å². The van der Waals surface area contributed by atoms with E-state index in [2.05, 4.69) is 12.2 Å². The van der Waals surface area contributed by atoms with E-state index >= 15 is 0 Å². The van der Waals surface area contributed by atoms with E-state index in [9.17, 15) is 8.42 Å². The van der Waals surface area contributed by atoms with Gasteiger partial charge < -0.3 is 10.1 Å². The van der Waals surface area contributed by atoms with E-state index in [-0.39, 0.29) is 5.54 Å². The van der Waals surface area contributed by atoms with E-state index in [0.717, 1.165) is 25.8 Å². The largest absolute Gasteiger partial charge is 0.383 e. The van der Waals surface area contributed by atoms with Crippen molar-refractivity contribution in [3.63, 3.8) is 0 Å². The van der Waals surface area contributed by atoms with Crippen LogP contribution in [0.25, 0.3) is 0 Å². The lowest BCUT2D eigenvalue weighted by Crippen LogP contribution is -2.40. The van der Waals surface area contributed by atoms with Gasteiger partial charge in [0.25, 0.3) is 0 Å². The molecule has 0 amide bonds. The van der Waals surface area contributed by atoms with E-state index in [1.165, 1.54) is 0 Å². The van der Waals surface area contributed by atoms with Crippen LogP contribution in [0, 0.1) is 11.8 Å². The number of sulfone groups is 1. The maximum Gasteiger partial charge on any atom is 0.150 e. The molecular weight excluding hydrogens is 238 g/mol. The standard InChI is InChI=1S/C12H23NO3S/c1-12(9-16-2)6-11(7-13-12)10-4-3-5-17(14,15)8-10/h10-11,13H,3-9H2,1-2H3. The molecular formula is C12H23NO3S. The van der Waals surface area contributed by atoms with Crippen LogP contribution in [0.15, 0.2) is 0 Å². The van der Waals surface area contributed by atoms with E-state index in [1.54, 1.807) is 7.11 Å². The predicted octanol–water partition coefficient (Wildman–Crippen LogP) is 0.826. The van der Waals surface area contributed by atoms with Gasteiger partial charge in [-0.1, -0.05) is 0 Å². The average Bonchev–Trinajstić information content (AvgIpc) is 2.60. The zero-order chi connectivity index (χ0) is 12.5. The van der Waals surface area contributed by atoms with Crippen molar-refractivity contribution in [3.05, 3.63) is 0 Å². The molecule has 0 aromatic carbocycles. The lowest BCUT2D eigenvalue weighted by Gasteiger charge is -2.28. The van der Waals surface area contributed by atoms with Crippen LogP contribution in [-0.2, 0) is 14.6 Å². The van der Waals surface area contributed by atoms with Gasteiger partial charge in [0.1, 0.15) is 0 Å². The van der Waals surface area contributed by atoms with Crippen molar-refractivity contribution in [2.45, 2.75) is 31.7 Å². The van der Waals surface area contributed by atoms with Gasteiger partial charge in [-0.05, 0) is 44.6 Å². The molecule has 2 fully saturated rings. The molecule has 4 nitrogen and oxygen atoms in total. The van der Waals surface area contributed by atoms with E-state index in [1.807, 2.05) is 0 Å². The average molecular weight is 261 g/mol. The van der Waals surface area contributed by atoms with Crippen LogP contribution in [0.2, 0.25) is 0 Å². The number of hydrogen-bond donors (Lipinski definition) is 1. The molecule has 2 aliphatic heterocycles. The third-order valence-electron chi connectivity index (χ3n) is 4.13. The first-order chi connectivity index (χ1) is 7.94. The maximum atomic E-state index is 11.7. The predicted molar refractivity (Wildman–Crippen MR) is 67.8 cm³/mol. The van der Waals surface area contributed by atoms with Crippen LogP contribution >= 0.6 is 0 Å². The Bertz CT molecular complexity index is 368. The zero-order valence-corrected chi connectivity index (χ0v) is 11.6. The summed E-state index contributed by atoms with van der Waals surface area (Å²) in [4.78, 5) is 0. The highest BCUT2D eigenvalue weighted by Gasteiger charge is 2.40. The van der Waals surface area contributed by atoms with Gasteiger partial charge >= 0.3 is 0 Å². The summed E-state index contributed by atoms with van der Waals surface area (Å²) in [5.74, 6) is 1.62. The number of hydrogen-bond acceptors (Lipinski definition) is 4. The molecule has 2 rings (SSSR count). The van der Waals surface area contributed by atoms with Crippen LogP contribution in [0.1, 0.15) is 26.2 Å². The van der Waals surface area contributed by atoms with Crippen LogP contribution in [0.4, 0.5) is 0 Å². The fourth-order valence-electron chi connectivity index (χ4n) is 3.29. The van der Waals surface area contributed by atoms with Crippen molar-refractivity contribution < 1.29 is 13.2 Å². The first-order valence-electron chi connectivity index (χ1n) is 6.38. The minimum Gasteiger partial charge on any atom is -0.383 e. The summed E-state index contributed by atoms with van der Waals surface area (Å²) in [5.41, 5.74) is 0.0284. The van der Waals surface area contributed by atoms with Crippen LogP contribution in [0.5, 0.6) is 0 Å². The van der Waals surface area contributed by atoms with Crippen molar-refractivity contribution in [1.29, 1.82) is 0 Å². The Hall–Kier alpha value is -0.130. The molecule has 0 aliphatic carbocycles. The summed E-state index contributed by atoms with van der Waals surface area (Å²) in [6.07, 6.45) is 2.93. The molecule has 3 unspecified atom stereocenters. The smallest absolute Gasteiger partial charge is 0.150 e. The molecule has 0 spiro atoms. The molecule has 1 N–H and O–H groups in total. The van der Waals surface area contributed by atoms with Gasteiger partial charge in [0.05, 0.1) is 18.1 Å². The first kappa shape index (κ1) is 13.3. The Kier molecular flexibility index (Phi) is 3.80. The highest BCUT2D eigenvalue weighted by Crippen LogP contribution is 2.34. The second-order valence-electron chi connectivity index (χ2n) is 5.86. The van der Waals surface area contributed by atoms with Crippen LogP contribution in [-0.4, -0.2) is 45.7 Å². The van der Waals surface area contributed by atoms with Crippen molar-refractivity contribution in [2.75, 3.05) is 31.8 Å². The van der Waals surface area contributed by atoms with Gasteiger partial charge in [-0.25, -0.2) is 8.42 Å². The SMILES string of the molecule is COCC1(C)CC(C2CCCS(=O)(=O)C2)CN1. The van der Waals surface area contributed by atoms with E-state index < -0.39 is 9.84 Å². The molecule has 3 atom stereocenters. The minimum absolute atomic E-state index is 0.0284. The number of rotatable bonds is 3. The molecule has 0 saturated carbocycles. The van der Waals surface area contributed by atoms with Crippen molar-refractivity contribution in [3.8, 4) is 0 Å². The monoisotopic (exact) mass is 261 g/mol. The lowest BCUT2D eigenvalue weighted by molar-refractivity contribution is 0.126. The fourth-order valence-corrected chi connectivity index (χ4v) is 5.16. The summed E-state index contributed by atoms with van der Waals surface area (Å²) >= 11 is 0. The molecule has 17 heavy (non-hydrogen) atoms. The maximum absolute atomic E-state index is 11.7. The molecule has 5 heteroatoms. The van der Waals surface area contributed by atoms with Crippen molar-refractivity contribution >= 4 is 9.84 Å². The van der Waals surface area contributed by atoms with Gasteiger partial charge in [-0.15, -0.1) is 0 Å². The van der Waals surface area contributed by atoms with Gasteiger partial charge in [0, 0.05) is 12.6 Å². The van der Waals surface area contributed by atoms with Crippen LogP contribution in [0.3, 0.4) is 0 Å². The fraction of sp³-hybridized carbons (Fsp3) is 1.00. The van der Waals surface area contributed by atoms with Gasteiger partial charge in [-0.2, -0.15) is 0 Å². The summed E-state index contributed by atoms with van der Waals surface area (Å²) in [6, 6.07) is 0. The summed E-state index contributed by atoms with van der Waals surface area (Å²) in [5, 5.41) is 3.49. The van der Waals surface area contributed by atoms with E-state index in [0.29, 0.717) is 29.9 Å². The van der Waals surface area contributed by atoms with Crippen molar-refractivity contribution in [2.24, 2.45) is 11.8 Å². The highest BCUT2D eigenvalue weighted by molar-refractivity contribution is 7.91. The highest BCUT2D eigenvalue weighted by atomic mass is 32.2. The van der Waals surface area contributed by atoms with Gasteiger partial charge in [0.2, 0.25) is 0 Å². The van der Waals surface area contributed by atoms with Crippen LogP contribution < -0.4 is 5.32 Å². The molecule has 0 radical (unpaired) electrons. The first-order valence-corrected chi connectivity index (χ1v) is 8.21. The Balaban J connectivity index is 1.96. The molecule has 0 aromatic heterocycles. The third-order valence-corrected chi connectivity index (χ3v) is 5.98. The minimum atomic E-state index is -2.78. The second-order valence-corrected chi connectivity index (χ2v) is 8.08. The molecule has 2 saturated heterocycles. The second kappa shape index (κ2) is 4.86. The normalized spacial score (nSPS) is 41.5. The Morgan fingerprint density at radius 3 is 2.82 bits per heavy atom. The van der Waals surface area contributed by atoms with Crippen molar-refractivity contribution in [1.82, 2.24) is 5.32 Å². The van der Waals surface area contributed by atoms with Gasteiger partial charge in [0.15, 0.2) is 9.84 Å². The Morgan fingerprint density at radius 1 is 1.41 bits per heavy atom. The molecule has 2 heterocycles. The number of ether oxygens (including phenoxy) is 1. The molecule has 2 aliphatic rings.